The first-order valence-electron chi connectivity index (χ1n) is 7.11. The number of anilines is 1. The first kappa shape index (κ1) is 16.9. The summed E-state index contributed by atoms with van der Waals surface area (Å²) in [5.41, 5.74) is 0.107. The van der Waals surface area contributed by atoms with E-state index in [9.17, 15) is 15.2 Å². The Hall–Kier alpha value is -1.14. The number of nitro groups is 1. The van der Waals surface area contributed by atoms with Gasteiger partial charge in [-0.3, -0.25) is 10.1 Å². The minimum absolute atomic E-state index is 0.107. The number of thiophene rings is 1. The molecular formula is C14H24N2O3S. The predicted octanol–water partition coefficient (Wildman–Crippen LogP) is 4.11. The topological polar surface area (TPSA) is 66.6 Å². The molecule has 0 aromatic carbocycles. The lowest BCUT2D eigenvalue weighted by atomic mass is 10.2. The number of nitrogens with zero attached hydrogens (tertiary/aromatic N) is 2. The fourth-order valence-corrected chi connectivity index (χ4v) is 3.28. The number of aliphatic hydroxyl groups excluding tert-OH is 1. The van der Waals surface area contributed by atoms with E-state index in [1.807, 2.05) is 13.8 Å². The van der Waals surface area contributed by atoms with Crippen LogP contribution in [0.15, 0.2) is 6.07 Å². The summed E-state index contributed by atoms with van der Waals surface area (Å²) in [6.45, 7) is 8.66. The van der Waals surface area contributed by atoms with Crippen molar-refractivity contribution in [3.8, 4) is 0 Å². The highest BCUT2D eigenvalue weighted by atomic mass is 32.1. The summed E-state index contributed by atoms with van der Waals surface area (Å²) in [5.74, 6) is 0. The van der Waals surface area contributed by atoms with Gasteiger partial charge in [-0.2, -0.15) is 0 Å². The lowest BCUT2D eigenvalue weighted by Crippen LogP contribution is -2.31. The van der Waals surface area contributed by atoms with Gasteiger partial charge >= 0.3 is 5.69 Å². The largest absolute Gasteiger partial charge is 0.388 e. The second kappa shape index (κ2) is 7.59. The van der Waals surface area contributed by atoms with E-state index < -0.39 is 6.10 Å². The molecule has 0 aliphatic carbocycles. The summed E-state index contributed by atoms with van der Waals surface area (Å²) >= 11 is 1.32. The number of unbranched alkanes of at least 4 members (excludes halogenated alkanes) is 2. The maximum absolute atomic E-state index is 11.2. The van der Waals surface area contributed by atoms with Gasteiger partial charge in [0, 0.05) is 23.5 Å². The highest BCUT2D eigenvalue weighted by Gasteiger charge is 2.26. The highest BCUT2D eigenvalue weighted by Crippen LogP contribution is 2.41. The molecule has 1 aromatic heterocycles. The van der Waals surface area contributed by atoms with Gasteiger partial charge in [0.25, 0.3) is 0 Å². The lowest BCUT2D eigenvalue weighted by molar-refractivity contribution is -0.383. The monoisotopic (exact) mass is 300 g/mol. The fraction of sp³-hybridized carbons (Fsp3) is 0.714. The van der Waals surface area contributed by atoms with Gasteiger partial charge in [-0.1, -0.05) is 19.8 Å². The quantitative estimate of drug-likeness (QED) is 0.445. The average molecular weight is 300 g/mol. The number of hydrogen-bond donors (Lipinski definition) is 1. The van der Waals surface area contributed by atoms with E-state index in [-0.39, 0.29) is 16.7 Å². The predicted molar refractivity (Wildman–Crippen MR) is 83.6 cm³/mol. The third-order valence-electron chi connectivity index (χ3n) is 3.21. The Balaban J connectivity index is 3.07. The molecule has 0 radical (unpaired) electrons. The van der Waals surface area contributed by atoms with Gasteiger partial charge < -0.3 is 10.0 Å². The van der Waals surface area contributed by atoms with Crippen molar-refractivity contribution < 1.29 is 10.0 Å². The van der Waals surface area contributed by atoms with E-state index in [1.165, 1.54) is 17.4 Å². The van der Waals surface area contributed by atoms with Crippen molar-refractivity contribution in [3.63, 3.8) is 0 Å². The normalized spacial score (nSPS) is 12.7. The second-order valence-electron chi connectivity index (χ2n) is 5.27. The molecule has 0 amide bonds. The van der Waals surface area contributed by atoms with Crippen LogP contribution in [0.25, 0.3) is 0 Å². The van der Waals surface area contributed by atoms with E-state index in [0.717, 1.165) is 25.8 Å². The lowest BCUT2D eigenvalue weighted by Gasteiger charge is -2.26. The summed E-state index contributed by atoms with van der Waals surface area (Å²) in [6.07, 6.45) is 2.59. The molecule has 1 atom stereocenters. The Morgan fingerprint density at radius 1 is 1.40 bits per heavy atom. The summed E-state index contributed by atoms with van der Waals surface area (Å²) in [7, 11) is 0. The molecule has 0 spiro atoms. The van der Waals surface area contributed by atoms with Gasteiger partial charge in [0.1, 0.15) is 0 Å². The molecule has 0 saturated heterocycles. The smallest absolute Gasteiger partial charge is 0.304 e. The zero-order valence-electron chi connectivity index (χ0n) is 12.6. The van der Waals surface area contributed by atoms with Gasteiger partial charge in [-0.05, 0) is 27.2 Å². The summed E-state index contributed by atoms with van der Waals surface area (Å²) < 4.78 is 0. The summed E-state index contributed by atoms with van der Waals surface area (Å²) in [6, 6.07) is 1.70. The molecule has 0 aliphatic heterocycles. The van der Waals surface area contributed by atoms with Gasteiger partial charge in [-0.25, -0.2) is 0 Å². The van der Waals surface area contributed by atoms with Gasteiger partial charge in [-0.15, -0.1) is 11.3 Å². The maximum Gasteiger partial charge on any atom is 0.304 e. The zero-order chi connectivity index (χ0) is 15.3. The Morgan fingerprint density at radius 3 is 2.50 bits per heavy atom. The Kier molecular flexibility index (Phi) is 6.42. The third-order valence-corrected chi connectivity index (χ3v) is 4.54. The number of hydrogen-bond acceptors (Lipinski definition) is 5. The fourth-order valence-electron chi connectivity index (χ4n) is 2.06. The van der Waals surface area contributed by atoms with Crippen molar-refractivity contribution in [1.29, 1.82) is 0 Å². The van der Waals surface area contributed by atoms with E-state index in [2.05, 4.69) is 11.8 Å². The molecule has 1 N–H and O–H groups in total. The van der Waals surface area contributed by atoms with Crippen LogP contribution in [0.3, 0.4) is 0 Å². The van der Waals surface area contributed by atoms with Crippen LogP contribution in [0.2, 0.25) is 0 Å². The number of aliphatic hydroxyl groups is 1. The van der Waals surface area contributed by atoms with Crippen LogP contribution in [-0.4, -0.2) is 22.6 Å². The van der Waals surface area contributed by atoms with Crippen LogP contribution in [0.1, 0.15) is 57.9 Å². The minimum Gasteiger partial charge on any atom is -0.388 e. The Labute approximate surface area is 124 Å². The van der Waals surface area contributed by atoms with Gasteiger partial charge in [0.2, 0.25) is 0 Å². The van der Waals surface area contributed by atoms with E-state index in [4.69, 9.17) is 0 Å². The first-order chi connectivity index (χ1) is 9.38. The van der Waals surface area contributed by atoms with Crippen molar-refractivity contribution in [3.05, 3.63) is 21.1 Å². The van der Waals surface area contributed by atoms with Crippen LogP contribution < -0.4 is 4.90 Å². The second-order valence-corrected chi connectivity index (χ2v) is 6.33. The maximum atomic E-state index is 11.2. The van der Waals surface area contributed by atoms with E-state index >= 15 is 0 Å². The number of rotatable bonds is 8. The van der Waals surface area contributed by atoms with Crippen molar-refractivity contribution >= 4 is 22.0 Å². The molecule has 1 rings (SSSR count). The van der Waals surface area contributed by atoms with Crippen molar-refractivity contribution in [2.24, 2.45) is 0 Å². The van der Waals surface area contributed by atoms with Crippen LogP contribution in [0.5, 0.6) is 0 Å². The Bertz CT molecular complexity index is 444. The molecule has 1 aromatic rings. The molecule has 20 heavy (non-hydrogen) atoms. The van der Waals surface area contributed by atoms with Gasteiger partial charge in [0.15, 0.2) is 5.00 Å². The molecule has 114 valence electrons. The zero-order valence-corrected chi connectivity index (χ0v) is 13.4. The SMILES string of the molecule is CCCCCN(c1sc(C(C)O)cc1[N+](=O)[O-])C(C)C. The molecule has 0 fully saturated rings. The van der Waals surface area contributed by atoms with Crippen LogP contribution in [-0.2, 0) is 0 Å². The molecular weight excluding hydrogens is 276 g/mol. The molecule has 6 heteroatoms. The van der Waals surface area contributed by atoms with Crippen LogP contribution in [0.4, 0.5) is 10.7 Å². The van der Waals surface area contributed by atoms with Crippen molar-refractivity contribution in [2.45, 2.75) is 59.1 Å². The molecule has 0 bridgehead atoms. The van der Waals surface area contributed by atoms with Crippen LogP contribution >= 0.6 is 11.3 Å². The third kappa shape index (κ3) is 4.18. The summed E-state index contributed by atoms with van der Waals surface area (Å²) in [5, 5.41) is 21.5. The molecule has 1 unspecified atom stereocenters. The molecule has 5 nitrogen and oxygen atoms in total. The standard InChI is InChI=1S/C14H24N2O3S/c1-5-6-7-8-15(10(2)3)14-12(16(18)19)9-13(20-14)11(4)17/h9-11,17H,5-8H2,1-4H3. The average Bonchev–Trinajstić information content (AvgIpc) is 2.79. The van der Waals surface area contributed by atoms with Crippen molar-refractivity contribution in [2.75, 3.05) is 11.4 Å². The summed E-state index contributed by atoms with van der Waals surface area (Å²) in [4.78, 5) is 13.6. The Morgan fingerprint density at radius 2 is 2.05 bits per heavy atom. The molecule has 0 saturated carbocycles. The first-order valence-corrected chi connectivity index (χ1v) is 7.92. The highest BCUT2D eigenvalue weighted by molar-refractivity contribution is 7.16. The van der Waals surface area contributed by atoms with Gasteiger partial charge in [0.05, 0.1) is 11.0 Å². The minimum atomic E-state index is -0.669. The van der Waals surface area contributed by atoms with E-state index in [1.54, 1.807) is 6.92 Å². The van der Waals surface area contributed by atoms with E-state index in [0.29, 0.717) is 9.88 Å². The molecule has 0 aliphatic rings. The van der Waals surface area contributed by atoms with Crippen molar-refractivity contribution in [1.82, 2.24) is 0 Å². The molecule has 1 heterocycles. The van der Waals surface area contributed by atoms with Crippen LogP contribution in [0, 0.1) is 10.1 Å².